The van der Waals surface area contributed by atoms with Crippen molar-refractivity contribution in [1.82, 2.24) is 19.6 Å². The van der Waals surface area contributed by atoms with E-state index < -0.39 is 24.2 Å². The summed E-state index contributed by atoms with van der Waals surface area (Å²) in [7, 11) is 1.95. The summed E-state index contributed by atoms with van der Waals surface area (Å²) < 4.78 is 43.3. The van der Waals surface area contributed by atoms with Crippen molar-refractivity contribution in [2.45, 2.75) is 24.7 Å². The van der Waals surface area contributed by atoms with Crippen molar-refractivity contribution in [1.29, 1.82) is 0 Å². The second-order valence-electron chi connectivity index (χ2n) is 7.59. The Hall–Kier alpha value is -1.78. The van der Waals surface area contributed by atoms with E-state index in [9.17, 15) is 18.0 Å². The molecular formula is C19H20BrClF3N5O. The molecule has 0 bridgehead atoms. The van der Waals surface area contributed by atoms with E-state index in [0.717, 1.165) is 9.15 Å². The lowest BCUT2D eigenvalue weighted by atomic mass is 9.97. The van der Waals surface area contributed by atoms with E-state index in [1.54, 1.807) is 29.2 Å². The van der Waals surface area contributed by atoms with Crippen LogP contribution in [0.4, 0.5) is 19.0 Å². The molecule has 2 aliphatic heterocycles. The maximum Gasteiger partial charge on any atom is 0.410 e. The number of aromatic nitrogens is 2. The van der Waals surface area contributed by atoms with Gasteiger partial charge in [-0.25, -0.2) is 4.68 Å². The van der Waals surface area contributed by atoms with Crippen LogP contribution in [0.3, 0.4) is 0 Å². The normalized spacial score (nSPS) is 22.5. The summed E-state index contributed by atoms with van der Waals surface area (Å²) in [6.45, 7) is 2.33. The molecule has 0 spiro atoms. The third kappa shape index (κ3) is 4.04. The molecule has 1 N–H and O–H groups in total. The number of benzene rings is 1. The molecule has 3 heterocycles. The Balaban J connectivity index is 1.69. The van der Waals surface area contributed by atoms with Gasteiger partial charge in [-0.3, -0.25) is 4.79 Å². The monoisotopic (exact) mass is 505 g/mol. The summed E-state index contributed by atoms with van der Waals surface area (Å²) >= 11 is 9.73. The zero-order chi connectivity index (χ0) is 21.6. The predicted octanol–water partition coefficient (Wildman–Crippen LogP) is 4.35. The summed E-state index contributed by atoms with van der Waals surface area (Å²) in [6, 6.07) is 4.56. The average molecular weight is 507 g/mol. The second-order valence-corrected chi connectivity index (χ2v) is 8.89. The molecule has 2 atom stereocenters. The van der Waals surface area contributed by atoms with Gasteiger partial charge in [-0.2, -0.15) is 18.3 Å². The van der Waals surface area contributed by atoms with Gasteiger partial charge in [0.2, 0.25) is 0 Å². The number of hydrogen-bond acceptors (Lipinski definition) is 4. The maximum atomic E-state index is 13.9. The molecule has 0 unspecified atom stereocenters. The topological polar surface area (TPSA) is 53.4 Å². The first-order chi connectivity index (χ1) is 14.1. The van der Waals surface area contributed by atoms with Gasteiger partial charge in [-0.15, -0.1) is 0 Å². The van der Waals surface area contributed by atoms with Gasteiger partial charge >= 0.3 is 6.18 Å². The van der Waals surface area contributed by atoms with E-state index in [-0.39, 0.29) is 23.0 Å². The number of piperazine rings is 1. The van der Waals surface area contributed by atoms with Crippen molar-refractivity contribution in [2.75, 3.05) is 38.5 Å². The minimum absolute atomic E-state index is 0.0237. The Morgan fingerprint density at radius 2 is 1.83 bits per heavy atom. The number of alkyl halides is 3. The van der Waals surface area contributed by atoms with Crippen molar-refractivity contribution in [3.63, 3.8) is 0 Å². The minimum atomic E-state index is -4.53. The number of rotatable bonds is 2. The standard InChI is InChI=1S/C19H20BrClF3N5O/c1-27-6-8-28(9-7-27)18(30)16-15(21)17-25-13(11-2-4-12(20)5-3-11)10-14(19(22,23)24)29(17)26-16/h2-5,13-14,25H,6-10H2,1H3/t13-,14-/m1/s1. The van der Waals surface area contributed by atoms with Crippen molar-refractivity contribution < 1.29 is 18.0 Å². The molecule has 30 heavy (non-hydrogen) atoms. The van der Waals surface area contributed by atoms with Crippen LogP contribution in [-0.2, 0) is 0 Å². The molecule has 1 aromatic carbocycles. The number of halogens is 5. The highest BCUT2D eigenvalue weighted by Gasteiger charge is 2.48. The molecule has 4 rings (SSSR count). The fourth-order valence-corrected chi connectivity index (χ4v) is 4.32. The van der Waals surface area contributed by atoms with Crippen molar-refractivity contribution in [3.8, 4) is 0 Å². The van der Waals surface area contributed by atoms with Gasteiger partial charge in [0.05, 0.1) is 6.04 Å². The number of carbonyl (C=O) groups excluding carboxylic acids is 1. The Morgan fingerprint density at radius 1 is 1.20 bits per heavy atom. The number of anilines is 1. The number of carbonyl (C=O) groups is 1. The van der Waals surface area contributed by atoms with Crippen LogP contribution in [0.15, 0.2) is 28.7 Å². The lowest BCUT2D eigenvalue weighted by Crippen LogP contribution is -2.47. The van der Waals surface area contributed by atoms with Gasteiger partial charge in [0.1, 0.15) is 10.8 Å². The lowest BCUT2D eigenvalue weighted by molar-refractivity contribution is -0.173. The third-order valence-electron chi connectivity index (χ3n) is 5.56. The Kier molecular flexibility index (Phi) is 5.75. The van der Waals surface area contributed by atoms with Gasteiger partial charge in [0.25, 0.3) is 5.91 Å². The SMILES string of the molecule is CN1CCN(C(=O)c2nn3c(c2Cl)N[C@@H](c2ccc(Br)cc2)C[C@@H]3C(F)(F)F)CC1. The molecule has 0 saturated carbocycles. The molecule has 1 fully saturated rings. The zero-order valence-corrected chi connectivity index (χ0v) is 18.4. The van der Waals surface area contributed by atoms with Gasteiger partial charge in [-0.05, 0) is 24.7 Å². The van der Waals surface area contributed by atoms with Crippen LogP contribution in [0.25, 0.3) is 0 Å². The smallest absolute Gasteiger partial charge is 0.362 e. The van der Waals surface area contributed by atoms with Crippen LogP contribution in [-0.4, -0.2) is 64.9 Å². The quantitative estimate of drug-likeness (QED) is 0.658. The van der Waals surface area contributed by atoms with Crippen molar-refractivity contribution in [2.24, 2.45) is 0 Å². The summed E-state index contributed by atoms with van der Waals surface area (Å²) in [4.78, 5) is 16.6. The average Bonchev–Trinajstić information content (AvgIpc) is 3.04. The van der Waals surface area contributed by atoms with Gasteiger partial charge in [-0.1, -0.05) is 39.7 Å². The molecule has 0 aliphatic carbocycles. The number of fused-ring (bicyclic) bond motifs is 1. The van der Waals surface area contributed by atoms with Crippen LogP contribution >= 0.6 is 27.5 Å². The molecule has 11 heteroatoms. The molecule has 162 valence electrons. The van der Waals surface area contributed by atoms with Crippen molar-refractivity contribution in [3.05, 3.63) is 45.0 Å². The Bertz CT molecular complexity index is 941. The maximum absolute atomic E-state index is 13.9. The summed E-state index contributed by atoms with van der Waals surface area (Å²) in [5, 5.41) is 7.01. The third-order valence-corrected chi connectivity index (χ3v) is 6.45. The van der Waals surface area contributed by atoms with Gasteiger partial charge < -0.3 is 15.1 Å². The van der Waals surface area contributed by atoms with Gasteiger partial charge in [0, 0.05) is 37.1 Å². The van der Waals surface area contributed by atoms with Crippen LogP contribution in [0.2, 0.25) is 5.02 Å². The molecular weight excluding hydrogens is 487 g/mol. The minimum Gasteiger partial charge on any atom is -0.362 e. The first-order valence-corrected chi connectivity index (χ1v) is 10.7. The van der Waals surface area contributed by atoms with Crippen molar-refractivity contribution >= 4 is 39.3 Å². The molecule has 0 radical (unpaired) electrons. The number of nitrogens with one attached hydrogen (secondary N) is 1. The molecule has 2 aliphatic rings. The summed E-state index contributed by atoms with van der Waals surface area (Å²) in [5.74, 6) is -0.423. The molecule has 1 saturated heterocycles. The van der Waals surface area contributed by atoms with Crippen LogP contribution in [0.5, 0.6) is 0 Å². The van der Waals surface area contributed by atoms with E-state index in [1.807, 2.05) is 7.05 Å². The lowest BCUT2D eigenvalue weighted by Gasteiger charge is -2.33. The highest BCUT2D eigenvalue weighted by molar-refractivity contribution is 9.10. The van der Waals surface area contributed by atoms with E-state index >= 15 is 0 Å². The zero-order valence-electron chi connectivity index (χ0n) is 16.1. The molecule has 6 nitrogen and oxygen atoms in total. The fourth-order valence-electron chi connectivity index (χ4n) is 3.80. The second kappa shape index (κ2) is 8.05. The van der Waals surface area contributed by atoms with Crippen LogP contribution < -0.4 is 5.32 Å². The Morgan fingerprint density at radius 3 is 2.43 bits per heavy atom. The summed E-state index contributed by atoms with van der Waals surface area (Å²) in [5.41, 5.74) is 0.553. The molecule has 1 aromatic heterocycles. The predicted molar refractivity (Wildman–Crippen MR) is 111 cm³/mol. The number of likely N-dealkylation sites (N-methyl/N-ethyl adjacent to an activating group) is 1. The highest BCUT2D eigenvalue weighted by Crippen LogP contribution is 2.46. The Labute approximate surface area is 185 Å². The number of nitrogens with zero attached hydrogens (tertiary/aromatic N) is 4. The van der Waals surface area contributed by atoms with E-state index in [4.69, 9.17) is 11.6 Å². The van der Waals surface area contributed by atoms with E-state index in [1.165, 1.54) is 0 Å². The fraction of sp³-hybridized carbons (Fsp3) is 0.474. The summed E-state index contributed by atoms with van der Waals surface area (Å²) in [6.07, 6.45) is -4.79. The van der Waals surface area contributed by atoms with Crippen LogP contribution in [0, 0.1) is 0 Å². The number of hydrogen-bond donors (Lipinski definition) is 1. The van der Waals surface area contributed by atoms with E-state index in [0.29, 0.717) is 31.7 Å². The van der Waals surface area contributed by atoms with Crippen LogP contribution in [0.1, 0.15) is 34.6 Å². The first-order valence-electron chi connectivity index (χ1n) is 9.49. The largest absolute Gasteiger partial charge is 0.410 e. The molecule has 1 amide bonds. The first kappa shape index (κ1) is 21.5. The van der Waals surface area contributed by atoms with E-state index in [2.05, 4.69) is 31.2 Å². The number of amides is 1. The molecule has 2 aromatic rings. The van der Waals surface area contributed by atoms with Gasteiger partial charge in [0.15, 0.2) is 11.7 Å². The highest BCUT2D eigenvalue weighted by atomic mass is 79.9.